The van der Waals surface area contributed by atoms with Gasteiger partial charge in [-0.05, 0) is 61.6 Å². The van der Waals surface area contributed by atoms with Crippen molar-refractivity contribution < 1.29 is 14.3 Å². The van der Waals surface area contributed by atoms with Crippen molar-refractivity contribution in [3.8, 4) is 0 Å². The number of amides is 1. The normalized spacial score (nSPS) is 15.6. The van der Waals surface area contributed by atoms with Gasteiger partial charge >= 0.3 is 5.97 Å². The monoisotopic (exact) mass is 461 g/mol. The molecule has 170 valence electrons. The third-order valence-corrected chi connectivity index (χ3v) is 6.71. The summed E-state index contributed by atoms with van der Waals surface area (Å²) in [6, 6.07) is 22.4. The molecule has 5 heteroatoms. The Morgan fingerprint density at radius 2 is 1.61 bits per heavy atom. The Hall–Kier alpha value is -3.11. The third-order valence-electron chi connectivity index (χ3n) is 6.46. The molecule has 1 aliphatic carbocycles. The van der Waals surface area contributed by atoms with Gasteiger partial charge in [-0.3, -0.25) is 9.59 Å². The van der Waals surface area contributed by atoms with E-state index in [0.717, 1.165) is 29.5 Å². The highest BCUT2D eigenvalue weighted by molar-refractivity contribution is 6.30. The minimum absolute atomic E-state index is 0.368. The summed E-state index contributed by atoms with van der Waals surface area (Å²) in [5, 5.41) is 3.59. The first kappa shape index (κ1) is 23.1. The van der Waals surface area contributed by atoms with Crippen molar-refractivity contribution in [3.63, 3.8) is 0 Å². The van der Waals surface area contributed by atoms with E-state index in [9.17, 15) is 9.59 Å². The van der Waals surface area contributed by atoms with Gasteiger partial charge in [0.25, 0.3) is 5.91 Å². The molecule has 0 aromatic heterocycles. The number of nitrogens with one attached hydrogen (secondary N) is 1. The highest BCUT2D eigenvalue weighted by Gasteiger charge is 2.45. The van der Waals surface area contributed by atoms with E-state index < -0.39 is 11.5 Å². The molecule has 4 nitrogen and oxygen atoms in total. The van der Waals surface area contributed by atoms with Crippen LogP contribution in [-0.2, 0) is 19.7 Å². The first-order chi connectivity index (χ1) is 15.9. The predicted molar refractivity (Wildman–Crippen MR) is 131 cm³/mol. The number of ether oxygens (including phenoxy) is 1. The number of esters is 1. The molecule has 1 amide bonds. The Morgan fingerprint density at radius 1 is 0.939 bits per heavy atom. The quantitative estimate of drug-likeness (QED) is 0.416. The largest absolute Gasteiger partial charge is 0.447 e. The number of benzene rings is 3. The fourth-order valence-corrected chi connectivity index (χ4v) is 4.67. The number of carbonyl (C=O) groups excluding carboxylic acids is 2. The first-order valence-corrected chi connectivity index (χ1v) is 11.7. The van der Waals surface area contributed by atoms with Crippen LogP contribution in [0.25, 0.3) is 0 Å². The lowest BCUT2D eigenvalue weighted by Gasteiger charge is -2.30. The van der Waals surface area contributed by atoms with Gasteiger partial charge in [0, 0.05) is 16.3 Å². The maximum Gasteiger partial charge on any atom is 0.317 e. The molecule has 0 bridgehead atoms. The molecular weight excluding hydrogens is 434 g/mol. The van der Waals surface area contributed by atoms with Crippen LogP contribution in [-0.4, -0.2) is 11.9 Å². The van der Waals surface area contributed by atoms with Crippen LogP contribution in [0.2, 0.25) is 5.02 Å². The van der Waals surface area contributed by atoms with Gasteiger partial charge in [-0.2, -0.15) is 0 Å². The van der Waals surface area contributed by atoms with Crippen LogP contribution >= 0.6 is 11.6 Å². The molecule has 33 heavy (non-hydrogen) atoms. The summed E-state index contributed by atoms with van der Waals surface area (Å²) in [7, 11) is 0. The Bertz CT molecular complexity index is 1140. The number of rotatable bonds is 6. The van der Waals surface area contributed by atoms with Gasteiger partial charge in [-0.1, -0.05) is 79.0 Å². The standard InChI is InChI=1S/C28H28ClNO3/c1-19-10-11-20(2)24(18-19)30-26(31)25(21-8-4-3-5-9-21)33-27(32)28(16-6-7-17-28)22-12-14-23(29)15-13-22/h3-5,8-15,18,25H,6-7,16-17H2,1-2H3,(H,30,31)/t25-/m0/s1. The van der Waals surface area contributed by atoms with Crippen LogP contribution in [0.4, 0.5) is 5.69 Å². The van der Waals surface area contributed by atoms with Crippen LogP contribution in [0, 0.1) is 13.8 Å². The molecule has 4 rings (SSSR count). The van der Waals surface area contributed by atoms with E-state index in [-0.39, 0.29) is 11.9 Å². The lowest BCUT2D eigenvalue weighted by Crippen LogP contribution is -2.38. The zero-order valence-electron chi connectivity index (χ0n) is 18.9. The highest BCUT2D eigenvalue weighted by Crippen LogP contribution is 2.43. The van der Waals surface area contributed by atoms with Gasteiger partial charge in [-0.25, -0.2) is 0 Å². The Balaban J connectivity index is 1.65. The van der Waals surface area contributed by atoms with E-state index in [1.165, 1.54) is 0 Å². The van der Waals surface area contributed by atoms with Crippen molar-refractivity contribution in [3.05, 3.63) is 100 Å². The van der Waals surface area contributed by atoms with E-state index in [0.29, 0.717) is 29.1 Å². The zero-order chi connectivity index (χ0) is 23.4. The molecule has 0 radical (unpaired) electrons. The highest BCUT2D eigenvalue weighted by atomic mass is 35.5. The topological polar surface area (TPSA) is 55.4 Å². The van der Waals surface area contributed by atoms with Gasteiger partial charge in [0.05, 0.1) is 5.41 Å². The summed E-state index contributed by atoms with van der Waals surface area (Å²) in [6.45, 7) is 3.91. The molecule has 3 aromatic carbocycles. The predicted octanol–water partition coefficient (Wildman–Crippen LogP) is 6.69. The van der Waals surface area contributed by atoms with Gasteiger partial charge < -0.3 is 10.1 Å². The maximum atomic E-state index is 13.7. The molecule has 1 fully saturated rings. The molecule has 1 aliphatic rings. The lowest BCUT2D eigenvalue weighted by atomic mass is 9.79. The van der Waals surface area contributed by atoms with Crippen molar-refractivity contribution in [2.45, 2.75) is 51.0 Å². The molecule has 1 saturated carbocycles. The van der Waals surface area contributed by atoms with Crippen LogP contribution in [0.5, 0.6) is 0 Å². The van der Waals surface area contributed by atoms with E-state index in [1.54, 1.807) is 12.1 Å². The lowest BCUT2D eigenvalue weighted by molar-refractivity contribution is -0.160. The summed E-state index contributed by atoms with van der Waals surface area (Å²) in [6.07, 6.45) is 2.19. The molecular formula is C28H28ClNO3. The van der Waals surface area contributed by atoms with Crippen molar-refractivity contribution in [1.82, 2.24) is 0 Å². The van der Waals surface area contributed by atoms with E-state index in [1.807, 2.05) is 74.5 Å². The van der Waals surface area contributed by atoms with Crippen LogP contribution in [0.3, 0.4) is 0 Å². The number of hydrogen-bond donors (Lipinski definition) is 1. The maximum absolute atomic E-state index is 13.7. The number of halogens is 1. The molecule has 3 aromatic rings. The summed E-state index contributed by atoms with van der Waals surface area (Å²) in [4.78, 5) is 27.1. The summed E-state index contributed by atoms with van der Waals surface area (Å²) >= 11 is 6.08. The third kappa shape index (κ3) is 4.96. The average Bonchev–Trinajstić information content (AvgIpc) is 3.32. The fraction of sp³-hybridized carbons (Fsp3) is 0.286. The number of anilines is 1. The van der Waals surface area contributed by atoms with E-state index in [2.05, 4.69) is 5.32 Å². The molecule has 1 N–H and O–H groups in total. The second-order valence-corrected chi connectivity index (χ2v) is 9.24. The van der Waals surface area contributed by atoms with Crippen molar-refractivity contribution in [1.29, 1.82) is 0 Å². The molecule has 0 spiro atoms. The number of aryl methyl sites for hydroxylation is 2. The molecule has 0 saturated heterocycles. The zero-order valence-corrected chi connectivity index (χ0v) is 19.7. The van der Waals surface area contributed by atoms with Gasteiger partial charge in [0.15, 0.2) is 0 Å². The molecule has 0 unspecified atom stereocenters. The smallest absolute Gasteiger partial charge is 0.317 e. The summed E-state index contributed by atoms with van der Waals surface area (Å²) in [5.74, 6) is -0.736. The van der Waals surface area contributed by atoms with Gasteiger partial charge in [-0.15, -0.1) is 0 Å². The number of hydrogen-bond acceptors (Lipinski definition) is 3. The van der Waals surface area contributed by atoms with Crippen LogP contribution < -0.4 is 5.32 Å². The second-order valence-electron chi connectivity index (χ2n) is 8.80. The van der Waals surface area contributed by atoms with Crippen molar-refractivity contribution >= 4 is 29.2 Å². The Kier molecular flexibility index (Phi) is 6.85. The summed E-state index contributed by atoms with van der Waals surface area (Å²) < 4.78 is 6.03. The van der Waals surface area contributed by atoms with Gasteiger partial charge in [0.1, 0.15) is 0 Å². The average molecular weight is 462 g/mol. The first-order valence-electron chi connectivity index (χ1n) is 11.3. The van der Waals surface area contributed by atoms with E-state index in [4.69, 9.17) is 16.3 Å². The minimum Gasteiger partial charge on any atom is -0.447 e. The second kappa shape index (κ2) is 9.80. The van der Waals surface area contributed by atoms with Gasteiger partial charge in [0.2, 0.25) is 6.10 Å². The fourth-order valence-electron chi connectivity index (χ4n) is 4.55. The van der Waals surface area contributed by atoms with E-state index >= 15 is 0 Å². The Labute approximate surface area is 199 Å². The molecule has 1 atom stereocenters. The minimum atomic E-state index is -1.05. The van der Waals surface area contributed by atoms with Crippen molar-refractivity contribution in [2.24, 2.45) is 0 Å². The number of carbonyl (C=O) groups is 2. The SMILES string of the molecule is Cc1ccc(C)c(NC(=O)[C@@H](OC(=O)C2(c3ccc(Cl)cc3)CCCC2)c2ccccc2)c1. The Morgan fingerprint density at radius 3 is 2.27 bits per heavy atom. The van der Waals surface area contributed by atoms with Crippen LogP contribution in [0.1, 0.15) is 54.0 Å². The summed E-state index contributed by atoms with van der Waals surface area (Å²) in [5.41, 5.74) is 3.45. The van der Waals surface area contributed by atoms with Crippen molar-refractivity contribution in [2.75, 3.05) is 5.32 Å². The van der Waals surface area contributed by atoms with Crippen LogP contribution in [0.15, 0.2) is 72.8 Å². The molecule has 0 aliphatic heterocycles. The molecule has 0 heterocycles.